The van der Waals surface area contributed by atoms with Crippen molar-refractivity contribution >= 4 is 0 Å². The lowest BCUT2D eigenvalue weighted by Crippen LogP contribution is -2.15. The molecule has 68 valence electrons. The molecule has 0 atom stereocenters. The molecule has 1 aromatic heterocycles. The summed E-state index contributed by atoms with van der Waals surface area (Å²) in [5.74, 6) is 1.18. The molecule has 0 saturated carbocycles. The molecule has 12 heavy (non-hydrogen) atoms. The van der Waals surface area contributed by atoms with Gasteiger partial charge in [0.15, 0.2) is 0 Å². The highest BCUT2D eigenvalue weighted by molar-refractivity contribution is 4.97. The van der Waals surface area contributed by atoms with E-state index < -0.39 is 0 Å². The van der Waals surface area contributed by atoms with Gasteiger partial charge in [-0.1, -0.05) is 20.8 Å². The molecule has 0 saturated heterocycles. The van der Waals surface area contributed by atoms with Crippen LogP contribution in [-0.2, 0) is 12.0 Å². The van der Waals surface area contributed by atoms with E-state index in [2.05, 4.69) is 31.0 Å². The molecule has 0 unspecified atom stereocenters. The van der Waals surface area contributed by atoms with E-state index in [1.807, 2.05) is 0 Å². The van der Waals surface area contributed by atoms with Gasteiger partial charge in [-0.25, -0.2) is 0 Å². The first-order chi connectivity index (χ1) is 5.60. The quantitative estimate of drug-likeness (QED) is 0.738. The van der Waals surface area contributed by atoms with Crippen LogP contribution in [0.1, 0.15) is 39.0 Å². The fourth-order valence-corrected chi connectivity index (χ4v) is 0.761. The summed E-state index contributed by atoms with van der Waals surface area (Å²) in [5, 5.41) is 7.74. The zero-order chi connectivity index (χ0) is 9.19. The number of hydrogen-bond donors (Lipinski definition) is 1. The normalized spacial score (nSPS) is 12.0. The summed E-state index contributed by atoms with van der Waals surface area (Å²) in [7, 11) is 0. The average Bonchev–Trinajstić information content (AvgIpc) is 2.52. The summed E-state index contributed by atoms with van der Waals surface area (Å²) >= 11 is 0. The van der Waals surface area contributed by atoms with Crippen LogP contribution >= 0.6 is 0 Å². The first-order valence-electron chi connectivity index (χ1n) is 4.13. The standard InChI is InChI=1S/C8H15N3O/c1-4-8(2,3)7-11-10-6(5-9)12-7/h4-5,9H2,1-3H3. The first-order valence-corrected chi connectivity index (χ1v) is 4.13. The van der Waals surface area contributed by atoms with Crippen LogP contribution in [0, 0.1) is 0 Å². The predicted octanol–water partition coefficient (Wildman–Crippen LogP) is 1.22. The van der Waals surface area contributed by atoms with E-state index in [9.17, 15) is 0 Å². The second-order valence-corrected chi connectivity index (χ2v) is 3.44. The summed E-state index contributed by atoms with van der Waals surface area (Å²) in [6.45, 7) is 6.54. The first kappa shape index (κ1) is 9.19. The molecular weight excluding hydrogens is 154 g/mol. The van der Waals surface area contributed by atoms with Gasteiger partial charge in [-0.3, -0.25) is 0 Å². The maximum Gasteiger partial charge on any atom is 0.230 e. The molecule has 1 heterocycles. The van der Waals surface area contributed by atoms with Crippen molar-refractivity contribution in [3.05, 3.63) is 11.8 Å². The summed E-state index contributed by atoms with van der Waals surface area (Å²) in [5.41, 5.74) is 5.31. The van der Waals surface area contributed by atoms with Gasteiger partial charge in [-0.05, 0) is 6.42 Å². The maximum atomic E-state index is 5.35. The Morgan fingerprint density at radius 3 is 2.50 bits per heavy atom. The van der Waals surface area contributed by atoms with Crippen LogP contribution in [0.3, 0.4) is 0 Å². The molecule has 1 rings (SSSR count). The summed E-state index contributed by atoms with van der Waals surface area (Å²) in [6.07, 6.45) is 0.971. The van der Waals surface area contributed by atoms with E-state index in [-0.39, 0.29) is 5.41 Å². The molecule has 0 aromatic carbocycles. The van der Waals surface area contributed by atoms with Gasteiger partial charge < -0.3 is 10.2 Å². The molecule has 0 spiro atoms. The number of nitrogens with two attached hydrogens (primary N) is 1. The fourth-order valence-electron chi connectivity index (χ4n) is 0.761. The lowest BCUT2D eigenvalue weighted by Gasteiger charge is -2.16. The molecule has 1 aromatic rings. The molecule has 2 N–H and O–H groups in total. The van der Waals surface area contributed by atoms with Crippen LogP contribution < -0.4 is 5.73 Å². The molecular formula is C8H15N3O. The van der Waals surface area contributed by atoms with Crippen molar-refractivity contribution in [2.75, 3.05) is 0 Å². The zero-order valence-electron chi connectivity index (χ0n) is 7.79. The molecule has 0 aliphatic carbocycles. The van der Waals surface area contributed by atoms with E-state index in [1.165, 1.54) is 0 Å². The van der Waals surface area contributed by atoms with Crippen LogP contribution in [0.4, 0.5) is 0 Å². The number of rotatable bonds is 3. The van der Waals surface area contributed by atoms with E-state index in [0.29, 0.717) is 18.3 Å². The SMILES string of the molecule is CCC(C)(C)c1nnc(CN)o1. The van der Waals surface area contributed by atoms with Crippen LogP contribution in [0.25, 0.3) is 0 Å². The van der Waals surface area contributed by atoms with Crippen LogP contribution in [0.5, 0.6) is 0 Å². The molecule has 4 nitrogen and oxygen atoms in total. The molecule has 0 bridgehead atoms. The molecule has 0 fully saturated rings. The van der Waals surface area contributed by atoms with E-state index in [4.69, 9.17) is 10.2 Å². The van der Waals surface area contributed by atoms with Gasteiger partial charge in [0, 0.05) is 5.41 Å². The van der Waals surface area contributed by atoms with Crippen molar-refractivity contribution < 1.29 is 4.42 Å². The van der Waals surface area contributed by atoms with Gasteiger partial charge in [0.05, 0.1) is 6.54 Å². The maximum absolute atomic E-state index is 5.35. The van der Waals surface area contributed by atoms with Gasteiger partial charge in [-0.2, -0.15) is 0 Å². The van der Waals surface area contributed by atoms with E-state index >= 15 is 0 Å². The zero-order valence-corrected chi connectivity index (χ0v) is 7.79. The summed E-state index contributed by atoms with van der Waals surface area (Å²) in [4.78, 5) is 0. The molecule has 0 aliphatic heterocycles. The minimum atomic E-state index is -0.0413. The van der Waals surface area contributed by atoms with Crippen molar-refractivity contribution in [1.82, 2.24) is 10.2 Å². The Balaban J connectivity index is 2.88. The Kier molecular flexibility index (Phi) is 2.47. The minimum Gasteiger partial charge on any atom is -0.423 e. The van der Waals surface area contributed by atoms with Gasteiger partial charge >= 0.3 is 0 Å². The van der Waals surface area contributed by atoms with E-state index in [1.54, 1.807) is 0 Å². The third-order valence-electron chi connectivity index (χ3n) is 2.10. The Morgan fingerprint density at radius 1 is 1.42 bits per heavy atom. The topological polar surface area (TPSA) is 64.9 Å². The van der Waals surface area contributed by atoms with E-state index in [0.717, 1.165) is 6.42 Å². The predicted molar refractivity (Wildman–Crippen MR) is 45.5 cm³/mol. The highest BCUT2D eigenvalue weighted by atomic mass is 16.4. The average molecular weight is 169 g/mol. The highest BCUT2D eigenvalue weighted by Crippen LogP contribution is 2.24. The van der Waals surface area contributed by atoms with Crippen molar-refractivity contribution in [3.63, 3.8) is 0 Å². The molecule has 0 radical (unpaired) electrons. The molecule has 0 amide bonds. The minimum absolute atomic E-state index is 0.0413. The third kappa shape index (κ3) is 1.64. The van der Waals surface area contributed by atoms with Crippen molar-refractivity contribution in [3.8, 4) is 0 Å². The second-order valence-electron chi connectivity index (χ2n) is 3.44. The van der Waals surface area contributed by atoms with Crippen LogP contribution in [0.15, 0.2) is 4.42 Å². The smallest absolute Gasteiger partial charge is 0.230 e. The van der Waals surface area contributed by atoms with Crippen LogP contribution in [-0.4, -0.2) is 10.2 Å². The largest absolute Gasteiger partial charge is 0.423 e. The lowest BCUT2D eigenvalue weighted by atomic mass is 9.90. The lowest BCUT2D eigenvalue weighted by molar-refractivity contribution is 0.345. The Hall–Kier alpha value is -0.900. The molecule has 0 aliphatic rings. The summed E-state index contributed by atoms with van der Waals surface area (Å²) < 4.78 is 5.34. The van der Waals surface area contributed by atoms with Gasteiger partial charge in [0.25, 0.3) is 0 Å². The second kappa shape index (κ2) is 3.23. The van der Waals surface area contributed by atoms with Crippen LogP contribution in [0.2, 0.25) is 0 Å². The molecule has 4 heteroatoms. The Bertz CT molecular complexity index is 255. The van der Waals surface area contributed by atoms with Gasteiger partial charge in [-0.15, -0.1) is 10.2 Å². The Labute approximate surface area is 72.2 Å². The van der Waals surface area contributed by atoms with Crippen molar-refractivity contribution in [2.45, 2.75) is 39.2 Å². The summed E-state index contributed by atoms with van der Waals surface area (Å²) in [6, 6.07) is 0. The van der Waals surface area contributed by atoms with Gasteiger partial charge in [0.1, 0.15) is 0 Å². The van der Waals surface area contributed by atoms with Gasteiger partial charge in [0.2, 0.25) is 11.8 Å². The highest BCUT2D eigenvalue weighted by Gasteiger charge is 2.24. The third-order valence-corrected chi connectivity index (χ3v) is 2.10. The number of hydrogen-bond acceptors (Lipinski definition) is 4. The number of aromatic nitrogens is 2. The fraction of sp³-hybridized carbons (Fsp3) is 0.750. The number of nitrogens with zero attached hydrogens (tertiary/aromatic N) is 2. The Morgan fingerprint density at radius 2 is 2.08 bits per heavy atom. The van der Waals surface area contributed by atoms with Crippen molar-refractivity contribution in [2.24, 2.45) is 5.73 Å². The van der Waals surface area contributed by atoms with Crippen molar-refractivity contribution in [1.29, 1.82) is 0 Å². The monoisotopic (exact) mass is 169 g/mol.